The summed E-state index contributed by atoms with van der Waals surface area (Å²) in [7, 11) is 0. The van der Waals surface area contributed by atoms with E-state index < -0.39 is 5.97 Å². The molecule has 3 N–H and O–H groups in total. The van der Waals surface area contributed by atoms with Crippen LogP contribution >= 0.6 is 11.8 Å². The molecular weight excluding hydrogens is 230 g/mol. The van der Waals surface area contributed by atoms with Crippen LogP contribution in [0.25, 0.3) is 0 Å². The summed E-state index contributed by atoms with van der Waals surface area (Å²) in [4.78, 5) is 21.6. The third-order valence-electron chi connectivity index (χ3n) is 2.22. The highest BCUT2D eigenvalue weighted by Crippen LogP contribution is 2.10. The Balaban J connectivity index is 3.81. The van der Waals surface area contributed by atoms with E-state index in [0.717, 1.165) is 0 Å². The molecular formula is C10H19NO4S. The van der Waals surface area contributed by atoms with E-state index in [4.69, 9.17) is 10.2 Å². The molecule has 0 bridgehead atoms. The number of aliphatic hydroxyl groups excluding tert-OH is 1. The van der Waals surface area contributed by atoms with Crippen LogP contribution in [0, 0.1) is 0 Å². The first-order chi connectivity index (χ1) is 7.51. The Morgan fingerprint density at radius 1 is 1.38 bits per heavy atom. The first-order valence-corrected chi connectivity index (χ1v) is 6.44. The average Bonchev–Trinajstić information content (AvgIpc) is 2.18. The van der Waals surface area contributed by atoms with E-state index in [0.29, 0.717) is 6.42 Å². The topological polar surface area (TPSA) is 86.6 Å². The normalized spacial score (nSPS) is 14.2. The third kappa shape index (κ3) is 6.68. The molecule has 0 aromatic carbocycles. The first kappa shape index (κ1) is 15.2. The minimum atomic E-state index is -0.891. The van der Waals surface area contributed by atoms with Gasteiger partial charge >= 0.3 is 5.97 Å². The molecule has 94 valence electrons. The van der Waals surface area contributed by atoms with E-state index in [1.54, 1.807) is 0 Å². The number of rotatable bonds is 8. The van der Waals surface area contributed by atoms with Crippen molar-refractivity contribution < 1.29 is 19.8 Å². The van der Waals surface area contributed by atoms with E-state index >= 15 is 0 Å². The zero-order valence-electron chi connectivity index (χ0n) is 9.60. The number of carboxylic acid groups (broad SMARTS) is 1. The molecule has 0 fully saturated rings. The van der Waals surface area contributed by atoms with Gasteiger partial charge in [-0.1, -0.05) is 0 Å². The Morgan fingerprint density at radius 3 is 2.44 bits per heavy atom. The lowest BCUT2D eigenvalue weighted by molar-refractivity contribution is -0.137. The standard InChI is InChI=1S/C10H19NO4S/c1-7(8(6-12)16-2)11-9(13)4-3-5-10(14)15/h7-8,12H,3-6H2,1-2H3,(H,11,13)(H,14,15). The quantitative estimate of drug-likeness (QED) is 0.582. The summed E-state index contributed by atoms with van der Waals surface area (Å²) in [5, 5.41) is 20.1. The highest BCUT2D eigenvalue weighted by Gasteiger charge is 2.17. The molecule has 2 unspecified atom stereocenters. The molecule has 0 aliphatic rings. The Hall–Kier alpha value is -0.750. The van der Waals surface area contributed by atoms with Crippen molar-refractivity contribution in [3.63, 3.8) is 0 Å². The second-order valence-electron chi connectivity index (χ2n) is 3.56. The zero-order chi connectivity index (χ0) is 12.6. The second-order valence-corrected chi connectivity index (χ2v) is 4.64. The summed E-state index contributed by atoms with van der Waals surface area (Å²) < 4.78 is 0. The maximum absolute atomic E-state index is 11.4. The lowest BCUT2D eigenvalue weighted by Gasteiger charge is -2.21. The minimum absolute atomic E-state index is 0.00770. The molecule has 0 saturated carbocycles. The Kier molecular flexibility index (Phi) is 8.01. The van der Waals surface area contributed by atoms with E-state index in [2.05, 4.69) is 5.32 Å². The number of aliphatic hydroxyl groups is 1. The van der Waals surface area contributed by atoms with E-state index in [1.165, 1.54) is 11.8 Å². The van der Waals surface area contributed by atoms with Gasteiger partial charge in [0.1, 0.15) is 0 Å². The molecule has 2 atom stereocenters. The van der Waals surface area contributed by atoms with Crippen LogP contribution in [0.2, 0.25) is 0 Å². The van der Waals surface area contributed by atoms with Crippen molar-refractivity contribution in [3.05, 3.63) is 0 Å². The van der Waals surface area contributed by atoms with Gasteiger partial charge in [-0.15, -0.1) is 0 Å². The van der Waals surface area contributed by atoms with Crippen LogP contribution in [0.1, 0.15) is 26.2 Å². The van der Waals surface area contributed by atoms with E-state index in [1.807, 2.05) is 13.2 Å². The number of carbonyl (C=O) groups excluding carboxylic acids is 1. The summed E-state index contributed by atoms with van der Waals surface area (Å²) in [6.45, 7) is 1.84. The molecule has 0 aliphatic carbocycles. The van der Waals surface area contributed by atoms with Crippen LogP contribution in [-0.4, -0.2) is 46.2 Å². The van der Waals surface area contributed by atoms with Crippen molar-refractivity contribution in [1.29, 1.82) is 0 Å². The van der Waals surface area contributed by atoms with Crippen molar-refractivity contribution in [2.24, 2.45) is 0 Å². The number of carboxylic acids is 1. The second kappa shape index (κ2) is 8.41. The van der Waals surface area contributed by atoms with Crippen molar-refractivity contribution in [2.45, 2.75) is 37.5 Å². The molecule has 0 spiro atoms. The summed E-state index contributed by atoms with van der Waals surface area (Å²) in [6.07, 6.45) is 2.43. The van der Waals surface area contributed by atoms with Crippen LogP contribution in [0.5, 0.6) is 0 Å². The predicted octanol–water partition coefficient (Wildman–Crippen LogP) is 0.470. The van der Waals surface area contributed by atoms with Gasteiger partial charge in [0, 0.05) is 24.1 Å². The molecule has 0 radical (unpaired) electrons. The molecule has 0 saturated heterocycles. The van der Waals surface area contributed by atoms with Gasteiger partial charge in [-0.3, -0.25) is 9.59 Å². The van der Waals surface area contributed by atoms with Crippen LogP contribution in [0.3, 0.4) is 0 Å². The smallest absolute Gasteiger partial charge is 0.303 e. The highest BCUT2D eigenvalue weighted by molar-refractivity contribution is 7.99. The summed E-state index contributed by atoms with van der Waals surface area (Å²) in [5.41, 5.74) is 0. The van der Waals surface area contributed by atoms with Gasteiger partial charge in [0.2, 0.25) is 5.91 Å². The maximum atomic E-state index is 11.4. The number of carbonyl (C=O) groups is 2. The minimum Gasteiger partial charge on any atom is -0.481 e. The number of thioether (sulfide) groups is 1. The Morgan fingerprint density at radius 2 is 2.00 bits per heavy atom. The van der Waals surface area contributed by atoms with Gasteiger partial charge in [-0.2, -0.15) is 11.8 Å². The molecule has 1 amide bonds. The molecule has 16 heavy (non-hydrogen) atoms. The number of amides is 1. The first-order valence-electron chi connectivity index (χ1n) is 5.16. The van der Waals surface area contributed by atoms with E-state index in [9.17, 15) is 9.59 Å². The molecule has 6 heteroatoms. The number of aliphatic carboxylic acids is 1. The summed E-state index contributed by atoms with van der Waals surface area (Å²) >= 11 is 1.49. The highest BCUT2D eigenvalue weighted by atomic mass is 32.2. The predicted molar refractivity (Wildman–Crippen MR) is 63.5 cm³/mol. The van der Waals surface area contributed by atoms with Gasteiger partial charge in [0.15, 0.2) is 0 Å². The average molecular weight is 249 g/mol. The molecule has 5 nitrogen and oxygen atoms in total. The van der Waals surface area contributed by atoms with Crippen molar-refractivity contribution in [3.8, 4) is 0 Å². The van der Waals surface area contributed by atoms with Crippen molar-refractivity contribution in [2.75, 3.05) is 12.9 Å². The lowest BCUT2D eigenvalue weighted by atomic mass is 10.2. The van der Waals surface area contributed by atoms with Gasteiger partial charge < -0.3 is 15.5 Å². The largest absolute Gasteiger partial charge is 0.481 e. The monoisotopic (exact) mass is 249 g/mol. The van der Waals surface area contributed by atoms with Gasteiger partial charge in [-0.05, 0) is 19.6 Å². The van der Waals surface area contributed by atoms with Crippen LogP contribution < -0.4 is 5.32 Å². The van der Waals surface area contributed by atoms with Crippen LogP contribution in [-0.2, 0) is 9.59 Å². The molecule has 0 aliphatic heterocycles. The fourth-order valence-electron chi connectivity index (χ4n) is 1.26. The van der Waals surface area contributed by atoms with Gasteiger partial charge in [-0.25, -0.2) is 0 Å². The lowest BCUT2D eigenvalue weighted by Crippen LogP contribution is -2.41. The van der Waals surface area contributed by atoms with Crippen molar-refractivity contribution >= 4 is 23.6 Å². The molecule has 0 heterocycles. The van der Waals surface area contributed by atoms with E-state index in [-0.39, 0.29) is 36.6 Å². The summed E-state index contributed by atoms with van der Waals surface area (Å²) in [6, 6.07) is -0.114. The number of hydrogen-bond acceptors (Lipinski definition) is 4. The Bertz CT molecular complexity index is 231. The van der Waals surface area contributed by atoms with Crippen LogP contribution in [0.4, 0.5) is 0 Å². The fourth-order valence-corrected chi connectivity index (χ4v) is 1.88. The summed E-state index contributed by atoms with van der Waals surface area (Å²) in [5.74, 6) is -1.06. The van der Waals surface area contributed by atoms with Crippen LogP contribution in [0.15, 0.2) is 0 Å². The van der Waals surface area contributed by atoms with Gasteiger partial charge in [0.25, 0.3) is 0 Å². The molecule has 0 aromatic heterocycles. The third-order valence-corrected chi connectivity index (χ3v) is 3.39. The SMILES string of the molecule is CSC(CO)C(C)NC(=O)CCCC(=O)O. The number of hydrogen-bond donors (Lipinski definition) is 3. The molecule has 0 aromatic rings. The van der Waals surface area contributed by atoms with Crippen molar-refractivity contribution in [1.82, 2.24) is 5.32 Å². The fraction of sp³-hybridized carbons (Fsp3) is 0.800. The van der Waals surface area contributed by atoms with Gasteiger partial charge in [0.05, 0.1) is 6.61 Å². The maximum Gasteiger partial charge on any atom is 0.303 e. The molecule has 0 rings (SSSR count). The zero-order valence-corrected chi connectivity index (χ0v) is 10.4. The number of nitrogens with one attached hydrogen (secondary N) is 1. The Labute approximate surface area is 99.6 Å².